The van der Waals surface area contributed by atoms with Gasteiger partial charge in [0, 0.05) is 31.3 Å². The van der Waals surface area contributed by atoms with E-state index < -0.39 is 5.82 Å². The SMILES string of the molecule is COCCNC(=O)CNC(C)c1ccc(F)cc1O. The zero-order valence-electron chi connectivity index (χ0n) is 11.1. The Kier molecular flexibility index (Phi) is 6.24. The number of hydrogen-bond acceptors (Lipinski definition) is 4. The summed E-state index contributed by atoms with van der Waals surface area (Å²) in [6.07, 6.45) is 0. The Morgan fingerprint density at radius 2 is 2.26 bits per heavy atom. The van der Waals surface area contributed by atoms with Gasteiger partial charge in [-0.1, -0.05) is 6.07 Å². The van der Waals surface area contributed by atoms with Crippen LogP contribution in [-0.4, -0.2) is 37.8 Å². The molecule has 0 aliphatic rings. The van der Waals surface area contributed by atoms with Crippen LogP contribution < -0.4 is 10.6 Å². The van der Waals surface area contributed by atoms with E-state index in [1.165, 1.54) is 12.1 Å². The number of amides is 1. The molecule has 0 heterocycles. The first-order valence-electron chi connectivity index (χ1n) is 6.02. The van der Waals surface area contributed by atoms with Crippen molar-refractivity contribution in [3.05, 3.63) is 29.6 Å². The largest absolute Gasteiger partial charge is 0.508 e. The fourth-order valence-corrected chi connectivity index (χ4v) is 1.59. The number of methoxy groups -OCH3 is 1. The molecule has 1 aromatic carbocycles. The van der Waals surface area contributed by atoms with Crippen LogP contribution in [0.4, 0.5) is 4.39 Å². The van der Waals surface area contributed by atoms with Crippen LogP contribution in [0.5, 0.6) is 5.75 Å². The number of phenols is 1. The third kappa shape index (κ3) is 5.23. The lowest BCUT2D eigenvalue weighted by Crippen LogP contribution is -2.36. The monoisotopic (exact) mass is 270 g/mol. The van der Waals surface area contributed by atoms with E-state index in [4.69, 9.17) is 4.74 Å². The summed E-state index contributed by atoms with van der Waals surface area (Å²) in [7, 11) is 1.56. The Morgan fingerprint density at radius 3 is 2.89 bits per heavy atom. The first kappa shape index (κ1) is 15.4. The predicted molar refractivity (Wildman–Crippen MR) is 69.4 cm³/mol. The maximum absolute atomic E-state index is 12.8. The fourth-order valence-electron chi connectivity index (χ4n) is 1.59. The maximum atomic E-state index is 12.8. The number of halogens is 1. The van der Waals surface area contributed by atoms with Crippen LogP contribution in [0.1, 0.15) is 18.5 Å². The molecule has 19 heavy (non-hydrogen) atoms. The van der Waals surface area contributed by atoms with E-state index in [1.54, 1.807) is 14.0 Å². The van der Waals surface area contributed by atoms with Crippen molar-refractivity contribution in [1.82, 2.24) is 10.6 Å². The van der Waals surface area contributed by atoms with Crippen LogP contribution in [0.3, 0.4) is 0 Å². The molecule has 0 fully saturated rings. The van der Waals surface area contributed by atoms with E-state index in [0.29, 0.717) is 18.7 Å². The number of phenolic OH excluding ortho intramolecular Hbond substituents is 1. The van der Waals surface area contributed by atoms with Crippen LogP contribution in [0, 0.1) is 5.82 Å². The molecule has 1 unspecified atom stereocenters. The van der Waals surface area contributed by atoms with E-state index in [2.05, 4.69) is 10.6 Å². The van der Waals surface area contributed by atoms with E-state index in [0.717, 1.165) is 6.07 Å². The molecule has 0 aliphatic carbocycles. The second kappa shape index (κ2) is 7.70. The first-order valence-corrected chi connectivity index (χ1v) is 6.02. The highest BCUT2D eigenvalue weighted by Crippen LogP contribution is 2.24. The number of nitrogens with one attached hydrogen (secondary N) is 2. The lowest BCUT2D eigenvalue weighted by atomic mass is 10.1. The topological polar surface area (TPSA) is 70.6 Å². The standard InChI is InChI=1S/C13H19FN2O3/c1-9(11-4-3-10(14)7-12(11)17)16-8-13(18)15-5-6-19-2/h3-4,7,9,16-17H,5-6,8H2,1-2H3,(H,15,18). The normalized spacial score (nSPS) is 12.2. The molecule has 0 aliphatic heterocycles. The van der Waals surface area contributed by atoms with Gasteiger partial charge in [-0.2, -0.15) is 0 Å². The molecule has 1 atom stereocenters. The molecule has 0 saturated carbocycles. The molecule has 0 bridgehead atoms. The quantitative estimate of drug-likeness (QED) is 0.645. The third-order valence-electron chi connectivity index (χ3n) is 2.66. The Labute approximate surface area is 111 Å². The number of benzene rings is 1. The predicted octanol–water partition coefficient (Wildman–Crippen LogP) is 0.944. The van der Waals surface area contributed by atoms with Crippen molar-refractivity contribution >= 4 is 5.91 Å². The number of ether oxygens (including phenoxy) is 1. The Morgan fingerprint density at radius 1 is 1.53 bits per heavy atom. The minimum atomic E-state index is -0.495. The molecule has 1 rings (SSSR count). The fraction of sp³-hybridized carbons (Fsp3) is 0.462. The van der Waals surface area contributed by atoms with Gasteiger partial charge in [0.1, 0.15) is 11.6 Å². The molecule has 106 valence electrons. The first-order chi connectivity index (χ1) is 9.04. The van der Waals surface area contributed by atoms with Crippen LogP contribution in [0.2, 0.25) is 0 Å². The summed E-state index contributed by atoms with van der Waals surface area (Å²) in [6.45, 7) is 2.81. The van der Waals surface area contributed by atoms with Gasteiger partial charge in [0.25, 0.3) is 0 Å². The number of carbonyl (C=O) groups is 1. The van der Waals surface area contributed by atoms with Gasteiger partial charge in [-0.05, 0) is 13.0 Å². The molecule has 1 amide bonds. The van der Waals surface area contributed by atoms with Crippen molar-refractivity contribution in [3.63, 3.8) is 0 Å². The van der Waals surface area contributed by atoms with Crippen molar-refractivity contribution in [1.29, 1.82) is 0 Å². The molecule has 0 radical (unpaired) electrons. The van der Waals surface area contributed by atoms with E-state index in [1.807, 2.05) is 0 Å². The van der Waals surface area contributed by atoms with E-state index >= 15 is 0 Å². The molecule has 5 nitrogen and oxygen atoms in total. The van der Waals surface area contributed by atoms with Crippen LogP contribution in [0.15, 0.2) is 18.2 Å². The number of rotatable bonds is 7. The molecule has 6 heteroatoms. The zero-order valence-corrected chi connectivity index (χ0v) is 11.1. The van der Waals surface area contributed by atoms with Crippen LogP contribution >= 0.6 is 0 Å². The Hall–Kier alpha value is -1.66. The van der Waals surface area contributed by atoms with Crippen molar-refractivity contribution in [2.75, 3.05) is 26.8 Å². The van der Waals surface area contributed by atoms with Gasteiger partial charge in [-0.25, -0.2) is 4.39 Å². The second-order valence-electron chi connectivity index (χ2n) is 4.15. The van der Waals surface area contributed by atoms with Gasteiger partial charge < -0.3 is 20.5 Å². The van der Waals surface area contributed by atoms with E-state index in [9.17, 15) is 14.3 Å². The van der Waals surface area contributed by atoms with Crippen molar-refractivity contribution in [2.24, 2.45) is 0 Å². The zero-order chi connectivity index (χ0) is 14.3. The summed E-state index contributed by atoms with van der Waals surface area (Å²) < 4.78 is 17.7. The van der Waals surface area contributed by atoms with Crippen molar-refractivity contribution < 1.29 is 19.0 Å². The summed E-state index contributed by atoms with van der Waals surface area (Å²) in [5.41, 5.74) is 0.547. The van der Waals surface area contributed by atoms with Gasteiger partial charge in [0.15, 0.2) is 0 Å². The lowest BCUT2D eigenvalue weighted by molar-refractivity contribution is -0.120. The van der Waals surface area contributed by atoms with Crippen LogP contribution in [0.25, 0.3) is 0 Å². The molecule has 0 spiro atoms. The Bertz CT molecular complexity index is 426. The minimum Gasteiger partial charge on any atom is -0.508 e. The van der Waals surface area contributed by atoms with Gasteiger partial charge in [-0.3, -0.25) is 4.79 Å². The highest BCUT2D eigenvalue weighted by Gasteiger charge is 2.12. The summed E-state index contributed by atoms with van der Waals surface area (Å²) in [6, 6.07) is 3.55. The average Bonchev–Trinajstić information content (AvgIpc) is 2.36. The van der Waals surface area contributed by atoms with Gasteiger partial charge >= 0.3 is 0 Å². The van der Waals surface area contributed by atoms with Gasteiger partial charge in [0.2, 0.25) is 5.91 Å². The van der Waals surface area contributed by atoms with Crippen LogP contribution in [-0.2, 0) is 9.53 Å². The summed E-state index contributed by atoms with van der Waals surface area (Å²) in [5.74, 6) is -0.781. The van der Waals surface area contributed by atoms with Gasteiger partial charge in [0.05, 0.1) is 13.2 Å². The molecule has 3 N–H and O–H groups in total. The number of carbonyl (C=O) groups excluding carboxylic acids is 1. The van der Waals surface area contributed by atoms with Gasteiger partial charge in [-0.15, -0.1) is 0 Å². The summed E-state index contributed by atoms with van der Waals surface area (Å²) in [5, 5.41) is 15.2. The maximum Gasteiger partial charge on any atom is 0.234 e. The summed E-state index contributed by atoms with van der Waals surface area (Å²) >= 11 is 0. The Balaban J connectivity index is 2.42. The molecule has 1 aromatic rings. The smallest absolute Gasteiger partial charge is 0.234 e. The molecular formula is C13H19FN2O3. The average molecular weight is 270 g/mol. The third-order valence-corrected chi connectivity index (χ3v) is 2.66. The molecule has 0 aromatic heterocycles. The van der Waals surface area contributed by atoms with E-state index in [-0.39, 0.29) is 24.2 Å². The minimum absolute atomic E-state index is 0.113. The number of aromatic hydroxyl groups is 1. The number of hydrogen-bond donors (Lipinski definition) is 3. The highest BCUT2D eigenvalue weighted by atomic mass is 19.1. The molecular weight excluding hydrogens is 251 g/mol. The van der Waals surface area contributed by atoms with Crippen molar-refractivity contribution in [2.45, 2.75) is 13.0 Å². The second-order valence-corrected chi connectivity index (χ2v) is 4.15. The lowest BCUT2D eigenvalue weighted by Gasteiger charge is -2.15. The highest BCUT2D eigenvalue weighted by molar-refractivity contribution is 5.78. The molecule has 0 saturated heterocycles. The summed E-state index contributed by atoms with van der Waals surface area (Å²) in [4.78, 5) is 11.4. The van der Waals surface area contributed by atoms with Crippen molar-refractivity contribution in [3.8, 4) is 5.75 Å².